The maximum Gasteiger partial charge on any atom is 0.245 e. The molecule has 3 amide bonds. The van der Waals surface area contributed by atoms with Gasteiger partial charge in [-0.3, -0.25) is 14.4 Å². The van der Waals surface area contributed by atoms with Gasteiger partial charge in [-0.05, 0) is 5.56 Å². The fraction of sp³-hybridized carbons (Fsp3) is 0.250. The normalized spacial score (nSPS) is 11.6. The van der Waals surface area contributed by atoms with Gasteiger partial charge in [0.05, 0.1) is 13.1 Å². The van der Waals surface area contributed by atoms with Gasteiger partial charge in [-0.1, -0.05) is 30.3 Å². The zero-order chi connectivity index (χ0) is 14.4. The molecule has 1 aromatic rings. The minimum Gasteiger partial charge on any atom is -0.368 e. The lowest BCUT2D eigenvalue weighted by molar-refractivity contribution is -0.139. The summed E-state index contributed by atoms with van der Waals surface area (Å²) in [6, 6.07) is 7.62. The summed E-state index contributed by atoms with van der Waals surface area (Å²) in [5.74, 6) is -2.06. The molecule has 1 aromatic carbocycles. The first kappa shape index (κ1) is 14.7. The first-order chi connectivity index (χ1) is 8.91. The number of nitrogens with two attached hydrogens (primary N) is 3. The quantitative estimate of drug-likeness (QED) is 0.575. The molecule has 7 nitrogen and oxygen atoms in total. The van der Waals surface area contributed by atoms with Crippen LogP contribution >= 0.6 is 0 Å². The van der Waals surface area contributed by atoms with E-state index in [1.54, 1.807) is 30.3 Å². The van der Waals surface area contributed by atoms with Crippen LogP contribution < -0.4 is 17.2 Å². The Balaban J connectivity index is 2.86. The third-order valence-electron chi connectivity index (χ3n) is 2.43. The van der Waals surface area contributed by atoms with Gasteiger partial charge in [0.1, 0.15) is 6.04 Å². The van der Waals surface area contributed by atoms with Crippen molar-refractivity contribution in [2.24, 2.45) is 17.2 Å². The Morgan fingerprint density at radius 2 is 1.47 bits per heavy atom. The van der Waals surface area contributed by atoms with E-state index in [0.717, 1.165) is 4.90 Å². The minimum atomic E-state index is -0.972. The molecular weight excluding hydrogens is 248 g/mol. The number of hydrogen-bond donors (Lipinski definition) is 3. The molecule has 0 saturated carbocycles. The van der Waals surface area contributed by atoms with Crippen LogP contribution in [-0.2, 0) is 14.4 Å². The van der Waals surface area contributed by atoms with Crippen LogP contribution in [0.5, 0.6) is 0 Å². The largest absolute Gasteiger partial charge is 0.368 e. The van der Waals surface area contributed by atoms with Gasteiger partial charge < -0.3 is 22.1 Å². The second-order valence-electron chi connectivity index (χ2n) is 4.02. The minimum absolute atomic E-state index is 0.400. The second-order valence-corrected chi connectivity index (χ2v) is 4.02. The summed E-state index contributed by atoms with van der Waals surface area (Å²) in [7, 11) is 0. The Morgan fingerprint density at radius 1 is 1.00 bits per heavy atom. The van der Waals surface area contributed by atoms with E-state index in [9.17, 15) is 14.4 Å². The average Bonchev–Trinajstić information content (AvgIpc) is 2.36. The summed E-state index contributed by atoms with van der Waals surface area (Å²) in [5.41, 5.74) is 16.4. The molecule has 0 spiro atoms. The zero-order valence-electron chi connectivity index (χ0n) is 10.3. The summed E-state index contributed by atoms with van der Waals surface area (Å²) >= 11 is 0. The predicted molar refractivity (Wildman–Crippen MR) is 68.3 cm³/mol. The van der Waals surface area contributed by atoms with E-state index in [0.29, 0.717) is 5.56 Å². The van der Waals surface area contributed by atoms with Crippen LogP contribution in [0.15, 0.2) is 30.3 Å². The monoisotopic (exact) mass is 264 g/mol. The summed E-state index contributed by atoms with van der Waals surface area (Å²) in [6.45, 7) is -0.801. The Kier molecular flexibility index (Phi) is 5.01. The third kappa shape index (κ3) is 4.40. The molecule has 1 rings (SSSR count). The molecule has 102 valence electrons. The molecule has 0 aliphatic heterocycles. The molecule has 1 unspecified atom stereocenters. The lowest BCUT2D eigenvalue weighted by Gasteiger charge is -2.23. The SMILES string of the molecule is NC(=O)CN(CC(N)=O)C(=O)C(N)c1ccccc1. The van der Waals surface area contributed by atoms with E-state index in [1.807, 2.05) is 0 Å². The van der Waals surface area contributed by atoms with E-state index < -0.39 is 36.9 Å². The molecule has 1 atom stereocenters. The van der Waals surface area contributed by atoms with Gasteiger partial charge >= 0.3 is 0 Å². The third-order valence-corrected chi connectivity index (χ3v) is 2.43. The zero-order valence-corrected chi connectivity index (χ0v) is 10.3. The van der Waals surface area contributed by atoms with E-state index in [4.69, 9.17) is 17.2 Å². The molecule has 19 heavy (non-hydrogen) atoms. The molecule has 0 bridgehead atoms. The summed E-state index contributed by atoms with van der Waals surface area (Å²) in [6.07, 6.45) is 0. The summed E-state index contributed by atoms with van der Waals surface area (Å²) in [4.78, 5) is 34.8. The van der Waals surface area contributed by atoms with Gasteiger partial charge in [-0.25, -0.2) is 0 Å². The molecule has 7 heteroatoms. The van der Waals surface area contributed by atoms with Gasteiger partial charge in [0.2, 0.25) is 17.7 Å². The molecule has 0 aliphatic carbocycles. The number of amides is 3. The van der Waals surface area contributed by atoms with Gasteiger partial charge in [0.15, 0.2) is 0 Å². The highest BCUT2D eigenvalue weighted by atomic mass is 16.2. The molecule has 0 radical (unpaired) electrons. The van der Waals surface area contributed by atoms with Crippen molar-refractivity contribution < 1.29 is 14.4 Å². The van der Waals surface area contributed by atoms with Crippen LogP contribution in [0.1, 0.15) is 11.6 Å². The van der Waals surface area contributed by atoms with Gasteiger partial charge in [0.25, 0.3) is 0 Å². The van der Waals surface area contributed by atoms with Crippen molar-refractivity contribution in [3.05, 3.63) is 35.9 Å². The molecule has 6 N–H and O–H groups in total. The highest BCUT2D eigenvalue weighted by Crippen LogP contribution is 2.12. The van der Waals surface area contributed by atoms with Crippen LogP contribution in [-0.4, -0.2) is 35.7 Å². The highest BCUT2D eigenvalue weighted by molar-refractivity contribution is 5.91. The first-order valence-electron chi connectivity index (χ1n) is 5.57. The van der Waals surface area contributed by atoms with Crippen molar-refractivity contribution in [3.8, 4) is 0 Å². The first-order valence-corrected chi connectivity index (χ1v) is 5.57. The Hall–Kier alpha value is -2.41. The van der Waals surface area contributed by atoms with Crippen molar-refractivity contribution in [2.45, 2.75) is 6.04 Å². The summed E-state index contributed by atoms with van der Waals surface area (Å²) in [5, 5.41) is 0. The fourth-order valence-electron chi connectivity index (χ4n) is 1.59. The molecule has 0 aromatic heterocycles. The highest BCUT2D eigenvalue weighted by Gasteiger charge is 2.24. The Labute approximate surface area is 110 Å². The van der Waals surface area contributed by atoms with Crippen molar-refractivity contribution >= 4 is 17.7 Å². The standard InChI is InChI=1S/C12H16N4O3/c13-9(17)6-16(7-10(14)18)12(19)11(15)8-4-2-1-3-5-8/h1-5,11H,6-7,15H2,(H2,13,17)(H2,14,18). The Morgan fingerprint density at radius 3 is 1.89 bits per heavy atom. The van der Waals surface area contributed by atoms with E-state index >= 15 is 0 Å². The van der Waals surface area contributed by atoms with Crippen LogP contribution in [0.25, 0.3) is 0 Å². The molecule has 0 fully saturated rings. The fourth-order valence-corrected chi connectivity index (χ4v) is 1.59. The number of carbonyl (C=O) groups excluding carboxylic acids is 3. The van der Waals surface area contributed by atoms with Gasteiger partial charge in [-0.15, -0.1) is 0 Å². The van der Waals surface area contributed by atoms with Crippen LogP contribution in [0.2, 0.25) is 0 Å². The van der Waals surface area contributed by atoms with Gasteiger partial charge in [-0.2, -0.15) is 0 Å². The van der Waals surface area contributed by atoms with Crippen molar-refractivity contribution in [2.75, 3.05) is 13.1 Å². The topological polar surface area (TPSA) is 133 Å². The molecule has 0 aliphatic rings. The number of primary amides is 2. The van der Waals surface area contributed by atoms with Crippen LogP contribution in [0, 0.1) is 0 Å². The van der Waals surface area contributed by atoms with Crippen molar-refractivity contribution in [1.82, 2.24) is 4.90 Å². The molecule has 0 saturated heterocycles. The lowest BCUT2D eigenvalue weighted by Crippen LogP contribution is -2.46. The second kappa shape index (κ2) is 6.50. The number of nitrogens with zero attached hydrogens (tertiary/aromatic N) is 1. The molecular formula is C12H16N4O3. The smallest absolute Gasteiger partial charge is 0.245 e. The van der Waals surface area contributed by atoms with Crippen LogP contribution in [0.3, 0.4) is 0 Å². The number of rotatable bonds is 6. The lowest BCUT2D eigenvalue weighted by atomic mass is 10.1. The predicted octanol–water partition coefficient (Wildman–Crippen LogP) is -1.51. The maximum absolute atomic E-state index is 12.1. The average molecular weight is 264 g/mol. The molecule has 0 heterocycles. The number of hydrogen-bond acceptors (Lipinski definition) is 4. The maximum atomic E-state index is 12.1. The number of carbonyl (C=O) groups is 3. The van der Waals surface area contributed by atoms with Crippen molar-refractivity contribution in [1.29, 1.82) is 0 Å². The van der Waals surface area contributed by atoms with E-state index in [-0.39, 0.29) is 0 Å². The van der Waals surface area contributed by atoms with Crippen molar-refractivity contribution in [3.63, 3.8) is 0 Å². The summed E-state index contributed by atoms with van der Waals surface area (Å²) < 4.78 is 0. The number of benzene rings is 1. The Bertz CT molecular complexity index is 459. The van der Waals surface area contributed by atoms with Gasteiger partial charge in [0, 0.05) is 0 Å². The van der Waals surface area contributed by atoms with E-state index in [1.165, 1.54) is 0 Å². The van der Waals surface area contributed by atoms with Crippen LogP contribution in [0.4, 0.5) is 0 Å². The van der Waals surface area contributed by atoms with E-state index in [2.05, 4.69) is 0 Å².